The van der Waals surface area contributed by atoms with Crippen LogP contribution in [0, 0.1) is 13.8 Å². The van der Waals surface area contributed by atoms with Gasteiger partial charge in [0.2, 0.25) is 5.91 Å². The number of carbonyl (C=O) groups excluding carboxylic acids is 1. The zero-order valence-corrected chi connectivity index (χ0v) is 20.5. The van der Waals surface area contributed by atoms with Crippen molar-refractivity contribution in [1.29, 1.82) is 0 Å². The molecule has 4 rings (SSSR count). The predicted octanol–water partition coefficient (Wildman–Crippen LogP) is 6.27. The summed E-state index contributed by atoms with van der Waals surface area (Å²) < 4.78 is 1.97. The number of carbonyl (C=O) groups is 1. The maximum absolute atomic E-state index is 12.5. The molecule has 1 heterocycles. The molecule has 0 saturated heterocycles. The van der Waals surface area contributed by atoms with E-state index in [-0.39, 0.29) is 11.7 Å². The normalized spacial score (nSPS) is 10.9. The fraction of sp³-hybridized carbons (Fsp3) is 0.160. The van der Waals surface area contributed by atoms with Crippen LogP contribution in [0.4, 0.5) is 0 Å². The van der Waals surface area contributed by atoms with Gasteiger partial charge in [-0.1, -0.05) is 77.4 Å². The first kappa shape index (κ1) is 23.4. The minimum absolute atomic E-state index is 0.116. The summed E-state index contributed by atoms with van der Waals surface area (Å²) in [6.07, 6.45) is 0. The molecule has 0 radical (unpaired) electrons. The van der Waals surface area contributed by atoms with Crippen molar-refractivity contribution in [3.63, 3.8) is 0 Å². The number of hydrogen-bond acceptors (Lipinski definition) is 4. The Kier molecular flexibility index (Phi) is 7.38. The number of aromatic nitrogens is 3. The number of amides is 1. The van der Waals surface area contributed by atoms with Crippen molar-refractivity contribution < 1.29 is 4.79 Å². The lowest BCUT2D eigenvalue weighted by Gasteiger charge is -2.14. The highest BCUT2D eigenvalue weighted by molar-refractivity contribution is 7.99. The van der Waals surface area contributed by atoms with Crippen molar-refractivity contribution in [2.45, 2.75) is 25.5 Å². The van der Waals surface area contributed by atoms with E-state index in [0.29, 0.717) is 27.6 Å². The maximum Gasteiger partial charge on any atom is 0.230 e. The summed E-state index contributed by atoms with van der Waals surface area (Å²) in [6.45, 7) is 4.45. The molecule has 5 nitrogen and oxygen atoms in total. The van der Waals surface area contributed by atoms with E-state index < -0.39 is 0 Å². The van der Waals surface area contributed by atoms with Crippen molar-refractivity contribution in [1.82, 2.24) is 20.1 Å². The third kappa shape index (κ3) is 5.41. The van der Waals surface area contributed by atoms with E-state index in [4.69, 9.17) is 23.2 Å². The summed E-state index contributed by atoms with van der Waals surface area (Å²) in [5.41, 5.74) is 4.79. The Morgan fingerprint density at radius 1 is 0.970 bits per heavy atom. The third-order valence-corrected chi connectivity index (χ3v) is 6.75. The van der Waals surface area contributed by atoms with Crippen LogP contribution in [0.15, 0.2) is 71.9 Å². The lowest BCUT2D eigenvalue weighted by atomic mass is 10.1. The molecule has 1 N–H and O–H groups in total. The van der Waals surface area contributed by atoms with Crippen LogP contribution in [-0.4, -0.2) is 26.4 Å². The first-order chi connectivity index (χ1) is 15.9. The number of nitrogens with zero attached hydrogens (tertiary/aromatic N) is 3. The summed E-state index contributed by atoms with van der Waals surface area (Å²) >= 11 is 14.0. The van der Waals surface area contributed by atoms with Gasteiger partial charge in [-0.15, -0.1) is 10.2 Å². The van der Waals surface area contributed by atoms with Crippen molar-refractivity contribution >= 4 is 40.9 Å². The van der Waals surface area contributed by atoms with Crippen molar-refractivity contribution in [3.05, 3.63) is 93.5 Å². The second-order valence-electron chi connectivity index (χ2n) is 7.57. The minimum Gasteiger partial charge on any atom is -0.351 e. The van der Waals surface area contributed by atoms with E-state index in [1.54, 1.807) is 6.07 Å². The van der Waals surface area contributed by atoms with Gasteiger partial charge in [-0.3, -0.25) is 9.36 Å². The molecule has 0 unspecified atom stereocenters. The summed E-state index contributed by atoms with van der Waals surface area (Å²) in [6, 6.07) is 21.2. The molecule has 0 aliphatic rings. The van der Waals surface area contributed by atoms with E-state index in [0.717, 1.165) is 27.9 Å². The lowest BCUT2D eigenvalue weighted by molar-refractivity contribution is -0.118. The van der Waals surface area contributed by atoms with Crippen LogP contribution in [0.1, 0.15) is 16.7 Å². The molecule has 168 valence electrons. The van der Waals surface area contributed by atoms with Gasteiger partial charge in [0.05, 0.1) is 16.5 Å². The van der Waals surface area contributed by atoms with Crippen molar-refractivity contribution in [3.8, 4) is 17.1 Å². The molecular weight excluding hydrogens is 475 g/mol. The number of thioether (sulfide) groups is 1. The Morgan fingerprint density at radius 2 is 1.70 bits per heavy atom. The Labute approximate surface area is 207 Å². The van der Waals surface area contributed by atoms with Gasteiger partial charge in [-0.2, -0.15) is 0 Å². The van der Waals surface area contributed by atoms with E-state index in [9.17, 15) is 4.79 Å². The highest BCUT2D eigenvalue weighted by Crippen LogP contribution is 2.33. The molecule has 8 heteroatoms. The Bertz CT molecular complexity index is 1310. The molecule has 1 aromatic heterocycles. The van der Waals surface area contributed by atoms with Crippen LogP contribution in [0.2, 0.25) is 10.0 Å². The quantitative estimate of drug-likeness (QED) is 0.306. The second-order valence-corrected chi connectivity index (χ2v) is 9.33. The topological polar surface area (TPSA) is 59.8 Å². The lowest BCUT2D eigenvalue weighted by Crippen LogP contribution is -2.24. The molecule has 4 aromatic rings. The van der Waals surface area contributed by atoms with Crippen LogP contribution in [0.25, 0.3) is 17.1 Å². The van der Waals surface area contributed by atoms with Gasteiger partial charge in [0.25, 0.3) is 0 Å². The fourth-order valence-corrected chi connectivity index (χ4v) is 4.57. The molecule has 0 aliphatic heterocycles. The number of aryl methyl sites for hydroxylation is 2. The number of rotatable bonds is 7. The molecule has 33 heavy (non-hydrogen) atoms. The first-order valence-electron chi connectivity index (χ1n) is 10.3. The smallest absolute Gasteiger partial charge is 0.230 e. The van der Waals surface area contributed by atoms with Crippen LogP contribution < -0.4 is 5.32 Å². The van der Waals surface area contributed by atoms with Crippen molar-refractivity contribution in [2.24, 2.45) is 0 Å². The second kappa shape index (κ2) is 10.4. The van der Waals surface area contributed by atoms with E-state index >= 15 is 0 Å². The molecule has 0 spiro atoms. The molecule has 3 aromatic carbocycles. The van der Waals surface area contributed by atoms with Gasteiger partial charge < -0.3 is 5.32 Å². The van der Waals surface area contributed by atoms with E-state index in [1.165, 1.54) is 11.8 Å². The molecule has 0 bridgehead atoms. The van der Waals surface area contributed by atoms with Gasteiger partial charge >= 0.3 is 0 Å². The van der Waals surface area contributed by atoms with Crippen molar-refractivity contribution in [2.75, 3.05) is 5.75 Å². The molecule has 0 aliphatic carbocycles. The summed E-state index contributed by atoms with van der Waals surface area (Å²) in [4.78, 5) is 12.5. The van der Waals surface area contributed by atoms with Crippen LogP contribution >= 0.6 is 35.0 Å². The SMILES string of the molecule is Cc1ccc(C)c(-n2c(SCC(=O)NCc3ccccc3Cl)nnc2-c2ccccc2Cl)c1. The molecule has 1 amide bonds. The average molecular weight is 497 g/mol. The van der Waals surface area contributed by atoms with Gasteiger partial charge in [-0.25, -0.2) is 0 Å². The highest BCUT2D eigenvalue weighted by Gasteiger charge is 2.20. The molecule has 0 atom stereocenters. The Balaban J connectivity index is 1.60. The van der Waals surface area contributed by atoms with Gasteiger partial charge in [-0.05, 0) is 54.8 Å². The average Bonchev–Trinajstić information content (AvgIpc) is 3.22. The standard InChI is InChI=1S/C25H22Cl2N4OS/c1-16-11-12-17(2)22(13-16)31-24(19-8-4-6-10-21(19)27)29-30-25(31)33-15-23(32)28-14-18-7-3-5-9-20(18)26/h3-13H,14-15H2,1-2H3,(H,28,32). The first-order valence-corrected chi connectivity index (χ1v) is 12.1. The summed E-state index contributed by atoms with van der Waals surface area (Å²) in [7, 11) is 0. The van der Waals surface area contributed by atoms with Crippen LogP contribution in [-0.2, 0) is 11.3 Å². The summed E-state index contributed by atoms with van der Waals surface area (Å²) in [5.74, 6) is 0.707. The third-order valence-electron chi connectivity index (χ3n) is 5.12. The minimum atomic E-state index is -0.116. The van der Waals surface area contributed by atoms with Crippen LogP contribution in [0.5, 0.6) is 0 Å². The zero-order valence-electron chi connectivity index (χ0n) is 18.2. The van der Waals surface area contributed by atoms with E-state index in [1.807, 2.05) is 60.9 Å². The number of nitrogens with one attached hydrogen (secondary N) is 1. The van der Waals surface area contributed by atoms with E-state index in [2.05, 4.69) is 33.7 Å². The number of benzene rings is 3. The maximum atomic E-state index is 12.5. The Morgan fingerprint density at radius 3 is 2.45 bits per heavy atom. The van der Waals surface area contributed by atoms with Gasteiger partial charge in [0.15, 0.2) is 11.0 Å². The van der Waals surface area contributed by atoms with Crippen LogP contribution in [0.3, 0.4) is 0 Å². The molecule has 0 saturated carbocycles. The van der Waals surface area contributed by atoms with Gasteiger partial charge in [0, 0.05) is 17.1 Å². The Hall–Kier alpha value is -2.80. The zero-order chi connectivity index (χ0) is 23.4. The largest absolute Gasteiger partial charge is 0.351 e. The highest BCUT2D eigenvalue weighted by atomic mass is 35.5. The number of hydrogen-bond donors (Lipinski definition) is 1. The summed E-state index contributed by atoms with van der Waals surface area (Å²) in [5, 5.41) is 13.6. The predicted molar refractivity (Wildman–Crippen MR) is 135 cm³/mol. The molecular formula is C25H22Cl2N4OS. The molecule has 0 fully saturated rings. The monoisotopic (exact) mass is 496 g/mol. The number of halogens is 2. The van der Waals surface area contributed by atoms with Gasteiger partial charge in [0.1, 0.15) is 0 Å². The fourth-order valence-electron chi connectivity index (χ4n) is 3.37.